The summed E-state index contributed by atoms with van der Waals surface area (Å²) in [5.41, 5.74) is 3.02. The van der Waals surface area contributed by atoms with Crippen LogP contribution in [0.2, 0.25) is 0 Å². The molecule has 2 aromatic rings. The molecule has 20 heavy (non-hydrogen) atoms. The van der Waals surface area contributed by atoms with E-state index >= 15 is 0 Å². The lowest BCUT2D eigenvalue weighted by Gasteiger charge is -2.25. The first-order valence-corrected chi connectivity index (χ1v) is 9.74. The maximum absolute atomic E-state index is 2.38. The molecular weight excluding hydrogens is 327 g/mol. The maximum Gasteiger partial charge on any atom is 0.0846 e. The lowest BCUT2D eigenvalue weighted by atomic mass is 10.2. The van der Waals surface area contributed by atoms with Gasteiger partial charge >= 0.3 is 0 Å². The van der Waals surface area contributed by atoms with Crippen molar-refractivity contribution in [3.63, 3.8) is 0 Å². The molecule has 0 bridgehead atoms. The van der Waals surface area contributed by atoms with Crippen LogP contribution in [0.5, 0.6) is 0 Å². The van der Waals surface area contributed by atoms with Gasteiger partial charge in [-0.3, -0.25) is 0 Å². The molecule has 0 amide bonds. The predicted molar refractivity (Wildman–Crippen MR) is 88.3 cm³/mol. The van der Waals surface area contributed by atoms with E-state index in [1.165, 1.54) is 35.8 Å². The van der Waals surface area contributed by atoms with Crippen LogP contribution < -0.4 is 17.0 Å². The van der Waals surface area contributed by atoms with Crippen LogP contribution in [0.1, 0.15) is 25.0 Å². The summed E-state index contributed by atoms with van der Waals surface area (Å²) < 4.78 is 0. The lowest BCUT2D eigenvalue weighted by molar-refractivity contribution is -0.00000411. The zero-order valence-electron chi connectivity index (χ0n) is 12.4. The Morgan fingerprint density at radius 1 is 0.650 bits per heavy atom. The van der Waals surface area contributed by atoms with E-state index < -0.39 is 7.26 Å². The van der Waals surface area contributed by atoms with E-state index in [1.807, 2.05) is 0 Å². The number of halogens is 1. The average molecular weight is 351 g/mol. The second-order valence-corrected chi connectivity index (χ2v) is 9.84. The number of hydrogen-bond acceptors (Lipinski definition) is 0. The van der Waals surface area contributed by atoms with Crippen LogP contribution in [0.3, 0.4) is 0 Å². The Morgan fingerprint density at radius 3 is 1.30 bits per heavy atom. The highest BCUT2D eigenvalue weighted by atomic mass is 79.9. The minimum Gasteiger partial charge on any atom is -1.00 e. The van der Waals surface area contributed by atoms with Crippen molar-refractivity contribution in [2.24, 2.45) is 0 Å². The standard InChI is InChI=1S/C18H24P.BrH/c1-3-19(4-2,15-17-11-7-5-8-12-17)16-18-13-9-6-10-14-18;/h5-14H,3-4,15-16H2,1-2H3;1H/q+1;/p-1. The van der Waals surface area contributed by atoms with Crippen LogP contribution in [0.4, 0.5) is 0 Å². The Labute approximate surface area is 134 Å². The first-order chi connectivity index (χ1) is 9.28. The smallest absolute Gasteiger partial charge is 0.0846 e. The molecule has 2 aromatic carbocycles. The molecular formula is C18H24BrP. The molecule has 108 valence electrons. The second-order valence-electron chi connectivity index (χ2n) is 5.26. The van der Waals surface area contributed by atoms with Gasteiger partial charge in [-0.15, -0.1) is 0 Å². The molecule has 0 N–H and O–H groups in total. The normalized spacial score (nSPS) is 10.9. The third kappa shape index (κ3) is 4.72. The van der Waals surface area contributed by atoms with Gasteiger partial charge in [0, 0.05) is 7.26 Å². The molecule has 2 heteroatoms. The van der Waals surface area contributed by atoms with Crippen LogP contribution in [0.25, 0.3) is 0 Å². The number of rotatable bonds is 6. The van der Waals surface area contributed by atoms with Crippen LogP contribution in [-0.2, 0) is 12.3 Å². The first-order valence-electron chi connectivity index (χ1n) is 7.21. The second kappa shape index (κ2) is 8.60. The number of benzene rings is 2. The fourth-order valence-corrected chi connectivity index (χ4v) is 6.09. The minimum atomic E-state index is -0.902. The maximum atomic E-state index is 2.38. The highest BCUT2D eigenvalue weighted by molar-refractivity contribution is 7.74. The van der Waals surface area contributed by atoms with Crippen molar-refractivity contribution >= 4 is 7.26 Å². The summed E-state index contributed by atoms with van der Waals surface area (Å²) in [5.74, 6) is 0. The van der Waals surface area contributed by atoms with Gasteiger partial charge in [0.2, 0.25) is 0 Å². The van der Waals surface area contributed by atoms with Gasteiger partial charge in [0.25, 0.3) is 0 Å². The van der Waals surface area contributed by atoms with Gasteiger partial charge in [-0.1, -0.05) is 60.7 Å². The molecule has 2 rings (SSSR count). The lowest BCUT2D eigenvalue weighted by Crippen LogP contribution is -3.00. The van der Waals surface area contributed by atoms with E-state index in [0.717, 1.165) is 0 Å². The summed E-state index contributed by atoms with van der Waals surface area (Å²) in [4.78, 5) is 0. The topological polar surface area (TPSA) is 0 Å². The van der Waals surface area contributed by atoms with E-state index in [2.05, 4.69) is 74.5 Å². The summed E-state index contributed by atoms with van der Waals surface area (Å²) in [5, 5.41) is 0. The summed E-state index contributed by atoms with van der Waals surface area (Å²) in [6, 6.07) is 22.0. The fraction of sp³-hybridized carbons (Fsp3) is 0.333. The van der Waals surface area contributed by atoms with Crippen molar-refractivity contribution in [1.82, 2.24) is 0 Å². The Balaban J connectivity index is 0.00000200. The van der Waals surface area contributed by atoms with E-state index in [1.54, 1.807) is 0 Å². The Kier molecular flexibility index (Phi) is 7.48. The van der Waals surface area contributed by atoms with Crippen molar-refractivity contribution in [2.75, 3.05) is 12.3 Å². The van der Waals surface area contributed by atoms with Crippen molar-refractivity contribution in [2.45, 2.75) is 26.2 Å². The molecule has 0 spiro atoms. The molecule has 0 saturated carbocycles. The van der Waals surface area contributed by atoms with Crippen LogP contribution >= 0.6 is 7.26 Å². The van der Waals surface area contributed by atoms with Gasteiger partial charge in [-0.25, -0.2) is 0 Å². The highest BCUT2D eigenvalue weighted by Crippen LogP contribution is 2.63. The third-order valence-electron chi connectivity index (χ3n) is 4.06. The first kappa shape index (κ1) is 17.4. The van der Waals surface area contributed by atoms with Crippen molar-refractivity contribution < 1.29 is 17.0 Å². The molecule has 0 atom stereocenters. The largest absolute Gasteiger partial charge is 1.00 e. The third-order valence-corrected chi connectivity index (χ3v) is 8.82. The van der Waals surface area contributed by atoms with Gasteiger partial charge in [-0.2, -0.15) is 0 Å². The predicted octanol–water partition coefficient (Wildman–Crippen LogP) is 2.45. The monoisotopic (exact) mass is 350 g/mol. The quantitative estimate of drug-likeness (QED) is 0.702. The Morgan fingerprint density at radius 2 is 1.00 bits per heavy atom. The van der Waals surface area contributed by atoms with Crippen LogP contribution in [0.15, 0.2) is 60.7 Å². The molecule has 0 aliphatic heterocycles. The van der Waals surface area contributed by atoms with Crippen molar-refractivity contribution in [3.8, 4) is 0 Å². The summed E-state index contributed by atoms with van der Waals surface area (Å²) in [6.45, 7) is 4.76. The summed E-state index contributed by atoms with van der Waals surface area (Å²) >= 11 is 0. The SMILES string of the molecule is CC[P+](CC)(Cc1ccccc1)Cc1ccccc1.[Br-]. The zero-order valence-corrected chi connectivity index (χ0v) is 14.9. The molecule has 0 heterocycles. The zero-order chi connectivity index (χ0) is 13.6. The van der Waals surface area contributed by atoms with Crippen LogP contribution in [-0.4, -0.2) is 12.3 Å². The molecule has 0 aliphatic carbocycles. The highest BCUT2D eigenvalue weighted by Gasteiger charge is 2.33. The average Bonchev–Trinajstić information content (AvgIpc) is 2.48. The van der Waals surface area contributed by atoms with E-state index in [4.69, 9.17) is 0 Å². The van der Waals surface area contributed by atoms with Crippen LogP contribution in [0, 0.1) is 0 Å². The summed E-state index contributed by atoms with van der Waals surface area (Å²) in [6.07, 6.45) is 5.26. The van der Waals surface area contributed by atoms with E-state index in [9.17, 15) is 0 Å². The summed E-state index contributed by atoms with van der Waals surface area (Å²) in [7, 11) is -0.902. The van der Waals surface area contributed by atoms with Gasteiger partial charge < -0.3 is 17.0 Å². The van der Waals surface area contributed by atoms with Crippen molar-refractivity contribution in [3.05, 3.63) is 71.8 Å². The minimum absolute atomic E-state index is 0. The van der Waals surface area contributed by atoms with E-state index in [-0.39, 0.29) is 17.0 Å². The van der Waals surface area contributed by atoms with E-state index in [0.29, 0.717) is 0 Å². The molecule has 0 fully saturated rings. The molecule has 0 nitrogen and oxygen atoms in total. The van der Waals surface area contributed by atoms with Gasteiger partial charge in [0.05, 0.1) is 24.6 Å². The van der Waals surface area contributed by atoms with Gasteiger partial charge in [0.1, 0.15) is 0 Å². The van der Waals surface area contributed by atoms with Crippen molar-refractivity contribution in [1.29, 1.82) is 0 Å². The molecule has 0 radical (unpaired) electrons. The van der Waals surface area contributed by atoms with Gasteiger partial charge in [0.15, 0.2) is 0 Å². The Bertz CT molecular complexity index is 434. The van der Waals surface area contributed by atoms with Gasteiger partial charge in [-0.05, 0) is 25.0 Å². The number of hydrogen-bond donors (Lipinski definition) is 0. The molecule has 0 aliphatic rings. The fourth-order valence-electron chi connectivity index (χ4n) is 2.67. The molecule has 0 aromatic heterocycles. The Hall–Kier alpha value is -0.650. The molecule has 0 unspecified atom stereocenters. The molecule has 0 saturated heterocycles.